The zero-order chi connectivity index (χ0) is 19.3. The van der Waals surface area contributed by atoms with Gasteiger partial charge in [-0.15, -0.1) is 0 Å². The molecule has 1 saturated heterocycles. The number of carbonyl (C=O) groups is 1. The molecule has 6 nitrogen and oxygen atoms in total. The molecule has 0 saturated carbocycles. The van der Waals surface area contributed by atoms with Crippen molar-refractivity contribution in [2.45, 2.75) is 38.6 Å². The fourth-order valence-corrected chi connectivity index (χ4v) is 3.57. The number of amides is 2. The maximum absolute atomic E-state index is 13.0. The minimum Gasteiger partial charge on any atom is -0.337 e. The van der Waals surface area contributed by atoms with Crippen LogP contribution in [-0.2, 0) is 6.42 Å². The molecule has 1 aliphatic heterocycles. The van der Waals surface area contributed by atoms with E-state index >= 15 is 0 Å². The summed E-state index contributed by atoms with van der Waals surface area (Å²) in [4.78, 5) is 19.3. The molecule has 1 aromatic heterocycles. The summed E-state index contributed by atoms with van der Waals surface area (Å²) in [6.45, 7) is 2.77. The summed E-state index contributed by atoms with van der Waals surface area (Å²) in [6.07, 6.45) is 3.75. The van der Waals surface area contributed by atoms with Gasteiger partial charge < -0.3 is 14.7 Å². The van der Waals surface area contributed by atoms with Crippen molar-refractivity contribution in [3.63, 3.8) is 0 Å². The number of nitrogens with one attached hydrogen (secondary N) is 1. The van der Waals surface area contributed by atoms with Crippen molar-refractivity contribution >= 4 is 11.7 Å². The Labute approximate surface area is 164 Å². The van der Waals surface area contributed by atoms with Crippen LogP contribution in [0.3, 0.4) is 0 Å². The van der Waals surface area contributed by atoms with Gasteiger partial charge in [0, 0.05) is 17.8 Å². The second-order valence-electron chi connectivity index (χ2n) is 7.01. The number of nitrogens with zero attached hydrogens (tertiary/aromatic N) is 3. The molecule has 6 heteroatoms. The van der Waals surface area contributed by atoms with Crippen LogP contribution < -0.4 is 5.32 Å². The van der Waals surface area contributed by atoms with E-state index in [0.717, 1.165) is 36.9 Å². The smallest absolute Gasteiger partial charge is 0.322 e. The molecule has 0 aliphatic carbocycles. The van der Waals surface area contributed by atoms with Crippen molar-refractivity contribution in [3.8, 4) is 11.4 Å². The topological polar surface area (TPSA) is 71.3 Å². The molecular weight excluding hydrogens is 352 g/mol. The first-order valence-electron chi connectivity index (χ1n) is 9.80. The van der Waals surface area contributed by atoms with E-state index in [-0.39, 0.29) is 12.1 Å². The molecule has 2 amide bonds. The first-order valence-corrected chi connectivity index (χ1v) is 9.80. The van der Waals surface area contributed by atoms with Crippen LogP contribution in [0.5, 0.6) is 0 Å². The maximum Gasteiger partial charge on any atom is 0.322 e. The largest absolute Gasteiger partial charge is 0.337 e. The van der Waals surface area contributed by atoms with Crippen molar-refractivity contribution in [3.05, 3.63) is 66.1 Å². The minimum atomic E-state index is -0.201. The summed E-state index contributed by atoms with van der Waals surface area (Å²) < 4.78 is 5.54. The van der Waals surface area contributed by atoms with E-state index in [4.69, 9.17) is 4.52 Å². The predicted octanol–water partition coefficient (Wildman–Crippen LogP) is 5.06. The number of likely N-dealkylation sites (tertiary alicyclic amines) is 1. The van der Waals surface area contributed by atoms with E-state index in [1.807, 2.05) is 53.4 Å². The SMILES string of the molecule is CCc1cccc(NC(=O)N2CCCCC2c2nc(-c3ccccc3)no2)c1. The van der Waals surface area contributed by atoms with E-state index in [0.29, 0.717) is 18.3 Å². The first-order chi connectivity index (χ1) is 13.7. The quantitative estimate of drug-likeness (QED) is 0.691. The van der Waals surface area contributed by atoms with Crippen molar-refractivity contribution in [1.82, 2.24) is 15.0 Å². The van der Waals surface area contributed by atoms with Gasteiger partial charge in [-0.05, 0) is 43.4 Å². The Morgan fingerprint density at radius 2 is 2.04 bits per heavy atom. The van der Waals surface area contributed by atoms with Gasteiger partial charge in [0.05, 0.1) is 0 Å². The van der Waals surface area contributed by atoms with Gasteiger partial charge in [0.15, 0.2) is 0 Å². The summed E-state index contributed by atoms with van der Waals surface area (Å²) in [5.74, 6) is 1.05. The zero-order valence-electron chi connectivity index (χ0n) is 16.0. The van der Waals surface area contributed by atoms with Crippen LogP contribution in [0.15, 0.2) is 59.1 Å². The monoisotopic (exact) mass is 376 g/mol. The highest BCUT2D eigenvalue weighted by Gasteiger charge is 2.32. The second kappa shape index (κ2) is 8.25. The van der Waals surface area contributed by atoms with E-state index < -0.39 is 0 Å². The fraction of sp³-hybridized carbons (Fsp3) is 0.318. The highest BCUT2D eigenvalue weighted by atomic mass is 16.5. The van der Waals surface area contributed by atoms with Gasteiger partial charge in [-0.1, -0.05) is 54.5 Å². The molecule has 0 spiro atoms. The predicted molar refractivity (Wildman–Crippen MR) is 108 cm³/mol. The van der Waals surface area contributed by atoms with Crippen LogP contribution in [0.2, 0.25) is 0 Å². The number of aryl methyl sites for hydroxylation is 1. The fourth-order valence-electron chi connectivity index (χ4n) is 3.57. The first kappa shape index (κ1) is 18.2. The van der Waals surface area contributed by atoms with Crippen LogP contribution >= 0.6 is 0 Å². The van der Waals surface area contributed by atoms with Crippen molar-refractivity contribution < 1.29 is 9.32 Å². The summed E-state index contributed by atoms with van der Waals surface area (Å²) in [5.41, 5.74) is 2.90. The number of hydrogen-bond acceptors (Lipinski definition) is 4. The molecule has 1 atom stereocenters. The Bertz CT molecular complexity index is 938. The highest BCUT2D eigenvalue weighted by Crippen LogP contribution is 2.31. The van der Waals surface area contributed by atoms with E-state index in [1.54, 1.807) is 0 Å². The van der Waals surface area contributed by atoms with Gasteiger partial charge in [0.25, 0.3) is 0 Å². The lowest BCUT2D eigenvalue weighted by Crippen LogP contribution is -2.41. The van der Waals surface area contributed by atoms with Gasteiger partial charge in [-0.2, -0.15) is 4.98 Å². The summed E-state index contributed by atoms with van der Waals surface area (Å²) >= 11 is 0. The Morgan fingerprint density at radius 1 is 1.18 bits per heavy atom. The third kappa shape index (κ3) is 3.91. The highest BCUT2D eigenvalue weighted by molar-refractivity contribution is 5.89. The molecule has 0 bridgehead atoms. The third-order valence-electron chi connectivity index (χ3n) is 5.11. The van der Waals surface area contributed by atoms with Gasteiger partial charge in [0.2, 0.25) is 11.7 Å². The maximum atomic E-state index is 13.0. The van der Waals surface area contributed by atoms with Crippen LogP contribution in [0.25, 0.3) is 11.4 Å². The number of urea groups is 1. The number of benzene rings is 2. The van der Waals surface area contributed by atoms with Gasteiger partial charge in [0.1, 0.15) is 6.04 Å². The molecule has 28 heavy (non-hydrogen) atoms. The van der Waals surface area contributed by atoms with E-state index in [9.17, 15) is 4.79 Å². The van der Waals surface area contributed by atoms with Crippen molar-refractivity contribution in [2.24, 2.45) is 0 Å². The molecule has 0 radical (unpaired) electrons. The Hall–Kier alpha value is -3.15. The molecule has 4 rings (SSSR count). The Balaban J connectivity index is 1.53. The third-order valence-corrected chi connectivity index (χ3v) is 5.11. The molecule has 3 aromatic rings. The van der Waals surface area contributed by atoms with E-state index in [1.165, 1.54) is 5.56 Å². The molecule has 144 valence electrons. The number of carbonyl (C=O) groups excluding carboxylic acids is 1. The molecule has 1 N–H and O–H groups in total. The Kier molecular flexibility index (Phi) is 5.37. The molecule has 2 heterocycles. The zero-order valence-corrected chi connectivity index (χ0v) is 16.0. The number of anilines is 1. The van der Waals surface area contributed by atoms with Crippen LogP contribution in [-0.4, -0.2) is 27.6 Å². The standard InChI is InChI=1S/C22H24N4O2/c1-2-16-9-8-12-18(15-16)23-22(27)26-14-7-6-13-19(26)21-24-20(25-28-21)17-10-4-3-5-11-17/h3-5,8-12,15,19H,2,6-7,13-14H2,1H3,(H,23,27). The van der Waals surface area contributed by atoms with Gasteiger partial charge in [-0.3, -0.25) is 0 Å². The van der Waals surface area contributed by atoms with Crippen molar-refractivity contribution in [1.29, 1.82) is 0 Å². The number of piperidine rings is 1. The number of hydrogen-bond donors (Lipinski definition) is 1. The molecule has 1 unspecified atom stereocenters. The van der Waals surface area contributed by atoms with Crippen molar-refractivity contribution in [2.75, 3.05) is 11.9 Å². The lowest BCUT2D eigenvalue weighted by molar-refractivity contribution is 0.142. The summed E-state index contributed by atoms with van der Waals surface area (Å²) in [6, 6.07) is 17.3. The van der Waals surface area contributed by atoms with Gasteiger partial charge >= 0.3 is 6.03 Å². The van der Waals surface area contributed by atoms with Crippen LogP contribution in [0.4, 0.5) is 10.5 Å². The summed E-state index contributed by atoms with van der Waals surface area (Å²) in [5, 5.41) is 7.14. The average Bonchev–Trinajstić information content (AvgIpc) is 3.25. The lowest BCUT2D eigenvalue weighted by atomic mass is 10.0. The lowest BCUT2D eigenvalue weighted by Gasteiger charge is -2.33. The minimum absolute atomic E-state index is 0.127. The average molecular weight is 376 g/mol. The van der Waals surface area contributed by atoms with E-state index in [2.05, 4.69) is 28.4 Å². The molecule has 1 fully saturated rings. The molecule has 1 aliphatic rings. The second-order valence-corrected chi connectivity index (χ2v) is 7.01. The summed E-state index contributed by atoms with van der Waals surface area (Å²) in [7, 11) is 0. The molecular formula is C22H24N4O2. The Morgan fingerprint density at radius 3 is 2.86 bits per heavy atom. The van der Waals surface area contributed by atoms with Crippen LogP contribution in [0, 0.1) is 0 Å². The normalized spacial score (nSPS) is 16.8. The number of rotatable bonds is 4. The molecule has 2 aromatic carbocycles. The van der Waals surface area contributed by atoms with Crippen LogP contribution in [0.1, 0.15) is 43.7 Å². The number of aromatic nitrogens is 2. The van der Waals surface area contributed by atoms with Gasteiger partial charge in [-0.25, -0.2) is 4.79 Å².